The van der Waals surface area contributed by atoms with Crippen LogP contribution in [-0.4, -0.2) is 27.3 Å². The molecule has 1 aromatic carbocycles. The molecule has 0 aliphatic rings. The first kappa shape index (κ1) is 14.0. The molecule has 1 aromatic heterocycles. The van der Waals surface area contributed by atoms with E-state index >= 15 is 0 Å². The van der Waals surface area contributed by atoms with Gasteiger partial charge in [0.15, 0.2) is 6.10 Å². The number of hydrogen-bond donors (Lipinski definition) is 1. The number of ether oxygens (including phenoxy) is 1. The van der Waals surface area contributed by atoms with Gasteiger partial charge in [-0.1, -0.05) is 19.0 Å². The summed E-state index contributed by atoms with van der Waals surface area (Å²) >= 11 is 0. The summed E-state index contributed by atoms with van der Waals surface area (Å²) < 4.78 is 10.4. The van der Waals surface area contributed by atoms with Crippen molar-refractivity contribution in [3.63, 3.8) is 0 Å². The lowest BCUT2D eigenvalue weighted by molar-refractivity contribution is -0.145. The summed E-state index contributed by atoms with van der Waals surface area (Å²) in [6.07, 6.45) is 0.255. The number of aliphatic carboxylic acids is 1. The van der Waals surface area contributed by atoms with Crippen LogP contribution in [0.25, 0.3) is 11.4 Å². The van der Waals surface area contributed by atoms with Gasteiger partial charge in [-0.15, -0.1) is 0 Å². The average Bonchev–Trinajstić information content (AvgIpc) is 2.94. The number of aromatic nitrogens is 2. The highest BCUT2D eigenvalue weighted by Crippen LogP contribution is 2.21. The van der Waals surface area contributed by atoms with Crippen molar-refractivity contribution in [1.82, 2.24) is 10.1 Å². The molecule has 0 saturated carbocycles. The molecule has 1 heterocycles. The summed E-state index contributed by atoms with van der Waals surface area (Å²) in [5.74, 6) is 0.625. The molecular formula is C14H16N2O4. The van der Waals surface area contributed by atoms with Crippen LogP contribution in [0.15, 0.2) is 28.8 Å². The first-order valence-corrected chi connectivity index (χ1v) is 6.46. The van der Waals surface area contributed by atoms with Gasteiger partial charge in [0.05, 0.1) is 0 Å². The number of rotatable bonds is 6. The van der Waals surface area contributed by atoms with Gasteiger partial charge in [0.25, 0.3) is 0 Å². The Bertz CT molecular complexity index is 577. The van der Waals surface area contributed by atoms with Gasteiger partial charge in [-0.3, -0.25) is 0 Å². The minimum Gasteiger partial charge on any atom is -0.479 e. The van der Waals surface area contributed by atoms with Crippen LogP contribution in [0.1, 0.15) is 26.2 Å². The Labute approximate surface area is 116 Å². The highest BCUT2D eigenvalue weighted by atomic mass is 16.5. The van der Waals surface area contributed by atoms with Crippen LogP contribution in [0.3, 0.4) is 0 Å². The maximum atomic E-state index is 10.9. The van der Waals surface area contributed by atoms with Gasteiger partial charge < -0.3 is 14.4 Å². The maximum Gasteiger partial charge on any atom is 0.344 e. The summed E-state index contributed by atoms with van der Waals surface area (Å²) in [4.78, 5) is 15.1. The van der Waals surface area contributed by atoms with Gasteiger partial charge in [0.1, 0.15) is 5.75 Å². The van der Waals surface area contributed by atoms with Crippen LogP contribution in [0.5, 0.6) is 5.75 Å². The second-order valence-electron chi connectivity index (χ2n) is 4.24. The minimum atomic E-state index is -0.970. The predicted molar refractivity (Wildman–Crippen MR) is 71.5 cm³/mol. The highest BCUT2D eigenvalue weighted by Gasteiger charge is 2.16. The second-order valence-corrected chi connectivity index (χ2v) is 4.24. The van der Waals surface area contributed by atoms with Crippen molar-refractivity contribution in [3.05, 3.63) is 30.2 Å². The van der Waals surface area contributed by atoms with Crippen molar-refractivity contribution in [1.29, 1.82) is 0 Å². The van der Waals surface area contributed by atoms with Gasteiger partial charge >= 0.3 is 5.97 Å². The lowest BCUT2D eigenvalue weighted by Crippen LogP contribution is -2.25. The van der Waals surface area contributed by atoms with E-state index in [1.807, 2.05) is 6.92 Å². The number of carbonyl (C=O) groups is 1. The lowest BCUT2D eigenvalue weighted by Gasteiger charge is -2.12. The van der Waals surface area contributed by atoms with Crippen LogP contribution in [0.4, 0.5) is 0 Å². The van der Waals surface area contributed by atoms with Gasteiger partial charge in [-0.05, 0) is 30.7 Å². The Kier molecular flexibility index (Phi) is 4.34. The molecule has 0 amide bonds. The van der Waals surface area contributed by atoms with Crippen LogP contribution in [0.2, 0.25) is 0 Å². The number of carboxylic acid groups (broad SMARTS) is 1. The van der Waals surface area contributed by atoms with Gasteiger partial charge in [0.2, 0.25) is 11.7 Å². The topological polar surface area (TPSA) is 85.5 Å². The fraction of sp³-hybridized carbons (Fsp3) is 0.357. The molecule has 6 heteroatoms. The van der Waals surface area contributed by atoms with Gasteiger partial charge in [-0.25, -0.2) is 4.79 Å². The molecule has 0 aliphatic heterocycles. The van der Waals surface area contributed by atoms with Gasteiger partial charge in [0, 0.05) is 12.0 Å². The van der Waals surface area contributed by atoms with Crippen LogP contribution < -0.4 is 4.74 Å². The number of benzene rings is 1. The molecule has 2 rings (SSSR count). The van der Waals surface area contributed by atoms with Crippen LogP contribution >= 0.6 is 0 Å². The molecule has 0 fully saturated rings. The van der Waals surface area contributed by atoms with E-state index in [0.29, 0.717) is 30.3 Å². The lowest BCUT2D eigenvalue weighted by atomic mass is 10.2. The second kappa shape index (κ2) is 6.18. The Morgan fingerprint density at radius 2 is 2.05 bits per heavy atom. The maximum absolute atomic E-state index is 10.9. The summed E-state index contributed by atoms with van der Waals surface area (Å²) in [6, 6.07) is 6.94. The SMILES string of the molecule is CCc1nc(-c2ccc(O[C@H](CC)C(=O)O)cc2)no1. The van der Waals surface area contributed by atoms with E-state index in [4.69, 9.17) is 14.4 Å². The Hall–Kier alpha value is -2.37. The predicted octanol–water partition coefficient (Wildman–Crippen LogP) is 2.54. The average molecular weight is 276 g/mol. The molecule has 6 nitrogen and oxygen atoms in total. The van der Waals surface area contributed by atoms with E-state index in [-0.39, 0.29) is 0 Å². The van der Waals surface area contributed by atoms with Crippen molar-refractivity contribution < 1.29 is 19.2 Å². The van der Waals surface area contributed by atoms with E-state index in [9.17, 15) is 4.79 Å². The molecule has 0 spiro atoms. The number of aryl methyl sites for hydroxylation is 1. The highest BCUT2D eigenvalue weighted by molar-refractivity contribution is 5.72. The molecular weight excluding hydrogens is 260 g/mol. The minimum absolute atomic E-state index is 0.405. The third kappa shape index (κ3) is 3.14. The monoisotopic (exact) mass is 276 g/mol. The summed E-state index contributed by atoms with van der Waals surface area (Å²) in [7, 11) is 0. The third-order valence-electron chi connectivity index (χ3n) is 2.81. The Morgan fingerprint density at radius 3 is 2.55 bits per heavy atom. The zero-order valence-electron chi connectivity index (χ0n) is 11.4. The van der Waals surface area contributed by atoms with Gasteiger partial charge in [-0.2, -0.15) is 4.98 Å². The fourth-order valence-corrected chi connectivity index (χ4v) is 1.67. The standard InChI is InChI=1S/C14H16N2O4/c1-3-11(14(17)18)19-10-7-5-9(6-8-10)13-15-12(4-2)20-16-13/h5-8,11H,3-4H2,1-2H3,(H,17,18)/t11-/m1/s1. The number of hydrogen-bond acceptors (Lipinski definition) is 5. The Balaban J connectivity index is 2.11. The normalized spacial score (nSPS) is 12.1. The molecule has 2 aromatic rings. The molecule has 20 heavy (non-hydrogen) atoms. The van der Waals surface area contributed by atoms with Crippen molar-refractivity contribution in [2.75, 3.05) is 0 Å². The smallest absolute Gasteiger partial charge is 0.344 e. The van der Waals surface area contributed by atoms with E-state index in [1.165, 1.54) is 0 Å². The molecule has 0 bridgehead atoms. The largest absolute Gasteiger partial charge is 0.479 e. The summed E-state index contributed by atoms with van der Waals surface area (Å²) in [5.41, 5.74) is 0.796. The van der Waals surface area contributed by atoms with Crippen LogP contribution in [0, 0.1) is 0 Å². The molecule has 0 radical (unpaired) electrons. The van der Waals surface area contributed by atoms with E-state index in [0.717, 1.165) is 5.56 Å². The molecule has 106 valence electrons. The van der Waals surface area contributed by atoms with E-state index in [2.05, 4.69) is 10.1 Å². The first-order valence-electron chi connectivity index (χ1n) is 6.46. The van der Waals surface area contributed by atoms with Crippen LogP contribution in [-0.2, 0) is 11.2 Å². The molecule has 0 unspecified atom stereocenters. The fourth-order valence-electron chi connectivity index (χ4n) is 1.67. The molecule has 0 aliphatic carbocycles. The quantitative estimate of drug-likeness (QED) is 0.872. The van der Waals surface area contributed by atoms with Crippen molar-refractivity contribution in [2.24, 2.45) is 0 Å². The first-order chi connectivity index (χ1) is 9.63. The molecule has 1 atom stereocenters. The Morgan fingerprint density at radius 1 is 1.35 bits per heavy atom. The molecule has 0 saturated heterocycles. The summed E-state index contributed by atoms with van der Waals surface area (Å²) in [6.45, 7) is 3.70. The molecule has 1 N–H and O–H groups in total. The van der Waals surface area contributed by atoms with Crippen molar-refractivity contribution in [3.8, 4) is 17.1 Å². The van der Waals surface area contributed by atoms with E-state index < -0.39 is 12.1 Å². The van der Waals surface area contributed by atoms with Crippen molar-refractivity contribution in [2.45, 2.75) is 32.8 Å². The zero-order valence-corrected chi connectivity index (χ0v) is 11.4. The van der Waals surface area contributed by atoms with Crippen molar-refractivity contribution >= 4 is 5.97 Å². The number of nitrogens with zero attached hydrogens (tertiary/aromatic N) is 2. The number of carboxylic acids is 1. The van der Waals surface area contributed by atoms with E-state index in [1.54, 1.807) is 31.2 Å². The zero-order chi connectivity index (χ0) is 14.5. The summed E-state index contributed by atoms with van der Waals surface area (Å²) in [5, 5.41) is 12.8. The third-order valence-corrected chi connectivity index (χ3v) is 2.81.